The Morgan fingerprint density at radius 2 is 2.29 bits per heavy atom. The van der Waals surface area contributed by atoms with Crippen molar-refractivity contribution in [2.75, 3.05) is 0 Å². The number of hydrogen-bond acceptors (Lipinski definition) is 2. The summed E-state index contributed by atoms with van der Waals surface area (Å²) >= 11 is 10.8. The van der Waals surface area contributed by atoms with Gasteiger partial charge in [-0.2, -0.15) is 5.26 Å². The molecule has 0 bridgehead atoms. The second kappa shape index (κ2) is 3.90. The van der Waals surface area contributed by atoms with Crippen LogP contribution in [0.1, 0.15) is 10.4 Å². The minimum atomic E-state index is 0.397. The summed E-state index contributed by atoms with van der Waals surface area (Å²) in [6.45, 7) is 0. The Balaban J connectivity index is 2.88. The van der Waals surface area contributed by atoms with Gasteiger partial charge in [0.15, 0.2) is 0 Å². The third-order valence-electron chi connectivity index (χ3n) is 1.97. The number of nitrogens with zero attached hydrogens (tertiary/aromatic N) is 1. The lowest BCUT2D eigenvalue weighted by atomic mass is 10.1. The standard InChI is InChI=1S/C10H5BrClNS/c11-8-3-1-2-6-7(5-13)9(4-12)14-10(6)8/h1-3H,4H2. The highest BCUT2D eigenvalue weighted by Crippen LogP contribution is 2.36. The van der Waals surface area contributed by atoms with Crippen LogP contribution >= 0.6 is 38.9 Å². The molecule has 1 nitrogen and oxygen atoms in total. The van der Waals surface area contributed by atoms with Gasteiger partial charge in [-0.1, -0.05) is 12.1 Å². The van der Waals surface area contributed by atoms with Crippen LogP contribution in [0.25, 0.3) is 10.1 Å². The maximum absolute atomic E-state index is 9.01. The largest absolute Gasteiger partial charge is 0.192 e. The molecule has 0 N–H and O–H groups in total. The number of hydrogen-bond donors (Lipinski definition) is 0. The van der Waals surface area contributed by atoms with E-state index >= 15 is 0 Å². The third kappa shape index (κ3) is 1.44. The highest BCUT2D eigenvalue weighted by Gasteiger charge is 2.12. The van der Waals surface area contributed by atoms with Gasteiger partial charge in [-0.05, 0) is 22.0 Å². The van der Waals surface area contributed by atoms with Crippen molar-refractivity contribution in [2.24, 2.45) is 0 Å². The minimum Gasteiger partial charge on any atom is -0.192 e. The van der Waals surface area contributed by atoms with Crippen molar-refractivity contribution >= 4 is 49.0 Å². The first kappa shape index (κ1) is 9.97. The number of nitriles is 1. The predicted molar refractivity (Wildman–Crippen MR) is 63.8 cm³/mol. The molecular formula is C10H5BrClNS. The fourth-order valence-electron chi connectivity index (χ4n) is 1.35. The van der Waals surface area contributed by atoms with E-state index in [2.05, 4.69) is 22.0 Å². The first-order valence-electron chi connectivity index (χ1n) is 3.94. The molecule has 4 heteroatoms. The second-order valence-corrected chi connectivity index (χ2v) is 4.99. The highest BCUT2D eigenvalue weighted by molar-refractivity contribution is 9.10. The number of thiophene rings is 1. The number of alkyl halides is 1. The third-order valence-corrected chi connectivity index (χ3v) is 4.56. The molecule has 0 fully saturated rings. The summed E-state index contributed by atoms with van der Waals surface area (Å²) in [4.78, 5) is 0.941. The van der Waals surface area contributed by atoms with Crippen molar-refractivity contribution in [1.29, 1.82) is 5.26 Å². The summed E-state index contributed by atoms with van der Waals surface area (Å²) in [6, 6.07) is 8.05. The molecule has 1 heterocycles. The fraction of sp³-hybridized carbons (Fsp3) is 0.100. The molecule has 0 saturated heterocycles. The monoisotopic (exact) mass is 285 g/mol. The summed E-state index contributed by atoms with van der Waals surface area (Å²) in [5.74, 6) is 0.397. The summed E-state index contributed by atoms with van der Waals surface area (Å²) in [5.41, 5.74) is 0.710. The Hall–Kier alpha value is -0.560. The smallest absolute Gasteiger partial charge is 0.101 e. The van der Waals surface area contributed by atoms with Gasteiger partial charge >= 0.3 is 0 Å². The number of halogens is 2. The average molecular weight is 287 g/mol. The molecular weight excluding hydrogens is 282 g/mol. The molecule has 1 aromatic heterocycles. The van der Waals surface area contributed by atoms with Crippen molar-refractivity contribution in [3.63, 3.8) is 0 Å². The van der Waals surface area contributed by atoms with Crippen molar-refractivity contribution in [3.05, 3.63) is 33.1 Å². The number of fused-ring (bicyclic) bond motifs is 1. The van der Waals surface area contributed by atoms with E-state index in [1.54, 1.807) is 11.3 Å². The zero-order chi connectivity index (χ0) is 10.1. The van der Waals surface area contributed by atoms with Gasteiger partial charge in [-0.15, -0.1) is 22.9 Å². The molecule has 0 atom stereocenters. The van der Waals surface area contributed by atoms with Gasteiger partial charge in [-0.3, -0.25) is 0 Å². The minimum absolute atomic E-state index is 0.397. The molecule has 0 unspecified atom stereocenters. The molecule has 1 aromatic carbocycles. The van der Waals surface area contributed by atoms with Crippen molar-refractivity contribution < 1.29 is 0 Å². The first-order chi connectivity index (χ1) is 6.77. The molecule has 2 aromatic rings. The molecule has 0 radical (unpaired) electrons. The molecule has 0 saturated carbocycles. The van der Waals surface area contributed by atoms with E-state index in [-0.39, 0.29) is 0 Å². The van der Waals surface area contributed by atoms with Gasteiger partial charge in [0.25, 0.3) is 0 Å². The highest BCUT2D eigenvalue weighted by atomic mass is 79.9. The molecule has 0 amide bonds. The van der Waals surface area contributed by atoms with E-state index in [0.29, 0.717) is 11.4 Å². The first-order valence-corrected chi connectivity index (χ1v) is 6.08. The van der Waals surface area contributed by atoms with Gasteiger partial charge in [0.05, 0.1) is 16.1 Å². The number of rotatable bonds is 1. The summed E-state index contributed by atoms with van der Waals surface area (Å²) in [6.07, 6.45) is 0. The zero-order valence-corrected chi connectivity index (χ0v) is 10.2. The van der Waals surface area contributed by atoms with Gasteiger partial charge < -0.3 is 0 Å². The zero-order valence-electron chi connectivity index (χ0n) is 7.05. The Morgan fingerprint density at radius 1 is 1.50 bits per heavy atom. The summed E-state index contributed by atoms with van der Waals surface area (Å²) in [7, 11) is 0. The van der Waals surface area contributed by atoms with E-state index in [0.717, 1.165) is 19.4 Å². The summed E-state index contributed by atoms with van der Waals surface area (Å²) < 4.78 is 2.12. The van der Waals surface area contributed by atoms with E-state index in [1.165, 1.54) is 0 Å². The molecule has 0 aliphatic heterocycles. The summed E-state index contributed by atoms with van der Waals surface area (Å²) in [5, 5.41) is 10.00. The van der Waals surface area contributed by atoms with Crippen LogP contribution in [0.5, 0.6) is 0 Å². The van der Waals surface area contributed by atoms with Gasteiger partial charge in [-0.25, -0.2) is 0 Å². The van der Waals surface area contributed by atoms with Crippen LogP contribution in [0.15, 0.2) is 22.7 Å². The molecule has 0 aliphatic rings. The lowest BCUT2D eigenvalue weighted by Crippen LogP contribution is -1.76. The van der Waals surface area contributed by atoms with Crippen LogP contribution in [0.2, 0.25) is 0 Å². The van der Waals surface area contributed by atoms with E-state index in [4.69, 9.17) is 16.9 Å². The molecule has 0 aliphatic carbocycles. The molecule has 0 spiro atoms. The van der Waals surface area contributed by atoms with Crippen LogP contribution in [-0.2, 0) is 5.88 Å². The van der Waals surface area contributed by atoms with E-state index < -0.39 is 0 Å². The quantitative estimate of drug-likeness (QED) is 0.718. The topological polar surface area (TPSA) is 23.8 Å². The lowest BCUT2D eigenvalue weighted by molar-refractivity contribution is 1.45. The molecule has 70 valence electrons. The van der Waals surface area contributed by atoms with Crippen LogP contribution in [0.3, 0.4) is 0 Å². The van der Waals surface area contributed by atoms with Crippen LogP contribution in [0.4, 0.5) is 0 Å². The van der Waals surface area contributed by atoms with Crippen molar-refractivity contribution in [1.82, 2.24) is 0 Å². The van der Waals surface area contributed by atoms with Crippen molar-refractivity contribution in [2.45, 2.75) is 5.88 Å². The molecule has 2 rings (SSSR count). The predicted octanol–water partition coefficient (Wildman–Crippen LogP) is 4.27. The van der Waals surface area contributed by atoms with Gasteiger partial charge in [0.2, 0.25) is 0 Å². The van der Waals surface area contributed by atoms with E-state index in [9.17, 15) is 0 Å². The van der Waals surface area contributed by atoms with Gasteiger partial charge in [0, 0.05) is 14.7 Å². The number of benzene rings is 1. The SMILES string of the molecule is N#Cc1c(CCl)sc2c(Br)cccc12. The molecule has 14 heavy (non-hydrogen) atoms. The average Bonchev–Trinajstić information content (AvgIpc) is 2.57. The fourth-order valence-corrected chi connectivity index (χ4v) is 3.26. The van der Waals surface area contributed by atoms with Gasteiger partial charge in [0.1, 0.15) is 6.07 Å². The Bertz CT molecular complexity index is 527. The Kier molecular flexibility index (Phi) is 2.78. The maximum atomic E-state index is 9.01. The lowest BCUT2D eigenvalue weighted by Gasteiger charge is -1.91. The van der Waals surface area contributed by atoms with Crippen LogP contribution in [0, 0.1) is 11.3 Å². The normalized spacial score (nSPS) is 10.4. The van der Waals surface area contributed by atoms with Crippen LogP contribution in [-0.4, -0.2) is 0 Å². The van der Waals surface area contributed by atoms with Crippen molar-refractivity contribution in [3.8, 4) is 6.07 Å². The van der Waals surface area contributed by atoms with Crippen LogP contribution < -0.4 is 0 Å². The Morgan fingerprint density at radius 3 is 2.93 bits per heavy atom. The second-order valence-electron chi connectivity index (χ2n) is 2.76. The Labute approximate surface area is 99.0 Å². The maximum Gasteiger partial charge on any atom is 0.101 e. The van der Waals surface area contributed by atoms with E-state index in [1.807, 2.05) is 18.2 Å².